The molecular formula is C68H115O11P. The Bertz CT molecular complexity index is 1760. The molecular weight excluding hydrogens is 1020 g/mol. The van der Waals surface area contributed by atoms with Gasteiger partial charge >= 0.3 is 25.7 Å². The second kappa shape index (κ2) is 61.2. The van der Waals surface area contributed by atoms with Crippen molar-refractivity contribution in [1.82, 2.24) is 0 Å². The van der Waals surface area contributed by atoms with Gasteiger partial charge in [0.1, 0.15) is 12.7 Å². The lowest BCUT2D eigenvalue weighted by Crippen LogP contribution is -2.30. The van der Waals surface area contributed by atoms with Gasteiger partial charge in [0.05, 0.1) is 19.8 Å². The highest BCUT2D eigenvalue weighted by Gasteiger charge is 2.28. The fourth-order valence-electron chi connectivity index (χ4n) is 8.35. The molecule has 0 fully saturated rings. The van der Waals surface area contributed by atoms with E-state index in [0.29, 0.717) is 25.7 Å². The quantitative estimate of drug-likeness (QED) is 0.0197. The Balaban J connectivity index is 4.79. The number of esters is 3. The zero-order valence-corrected chi connectivity index (χ0v) is 51.7. The second-order valence-electron chi connectivity index (χ2n) is 20.8. The number of carbonyl (C=O) groups excluding carboxylic acids is 3. The summed E-state index contributed by atoms with van der Waals surface area (Å²) in [4.78, 5) is 48.7. The number of hydrogen-bond donors (Lipinski definition) is 2. The van der Waals surface area contributed by atoms with Crippen molar-refractivity contribution in [1.29, 1.82) is 0 Å². The van der Waals surface area contributed by atoms with Crippen LogP contribution in [0.1, 0.15) is 265 Å². The number of aliphatic hydroxyl groups excluding tert-OH is 1. The molecule has 80 heavy (non-hydrogen) atoms. The molecule has 0 aliphatic heterocycles. The van der Waals surface area contributed by atoms with Gasteiger partial charge in [-0.25, -0.2) is 4.57 Å². The molecule has 0 bridgehead atoms. The van der Waals surface area contributed by atoms with Crippen LogP contribution in [-0.4, -0.2) is 66.5 Å². The number of phosphoric acid groups is 1. The molecule has 0 amide bonds. The van der Waals surface area contributed by atoms with Gasteiger partial charge in [-0.05, 0) is 116 Å². The lowest BCUT2D eigenvalue weighted by Gasteiger charge is -2.21. The van der Waals surface area contributed by atoms with Crippen LogP contribution in [0.5, 0.6) is 0 Å². The van der Waals surface area contributed by atoms with Crippen molar-refractivity contribution >= 4 is 25.7 Å². The predicted molar refractivity (Wildman–Crippen MR) is 334 cm³/mol. The minimum Gasteiger partial charge on any atom is -0.462 e. The Labute approximate surface area is 488 Å². The minimum atomic E-state index is -4.78. The van der Waals surface area contributed by atoms with Crippen LogP contribution in [0.2, 0.25) is 0 Å². The first-order chi connectivity index (χ1) is 39.2. The van der Waals surface area contributed by atoms with Gasteiger partial charge < -0.3 is 24.2 Å². The molecule has 0 aromatic carbocycles. The summed E-state index contributed by atoms with van der Waals surface area (Å²) >= 11 is 0. The van der Waals surface area contributed by atoms with Crippen LogP contribution in [-0.2, 0) is 42.2 Å². The molecule has 0 aliphatic carbocycles. The van der Waals surface area contributed by atoms with Gasteiger partial charge in [0.15, 0.2) is 6.10 Å². The van der Waals surface area contributed by atoms with Crippen molar-refractivity contribution in [2.75, 3.05) is 26.4 Å². The van der Waals surface area contributed by atoms with Crippen molar-refractivity contribution < 1.29 is 52.2 Å². The van der Waals surface area contributed by atoms with E-state index in [-0.39, 0.29) is 25.9 Å². The van der Waals surface area contributed by atoms with Gasteiger partial charge in [-0.15, -0.1) is 0 Å². The SMILES string of the molecule is CC/C=C\C/C=C\C/C=C\C/C=C\C/C=C\C/C=C\CCC(=O)OC(COC(=O)CCCCCCC/C=C\C/C=C\CCCCC)COP(=O)(O)OCC(CO)OC(=O)CCCCCCCCCCC/C=C\CCCCCCCC. The van der Waals surface area contributed by atoms with E-state index in [1.807, 2.05) is 12.2 Å². The van der Waals surface area contributed by atoms with Crippen LogP contribution in [0.25, 0.3) is 0 Å². The van der Waals surface area contributed by atoms with Gasteiger partial charge in [0, 0.05) is 19.3 Å². The molecule has 0 saturated carbocycles. The Hall–Kier alpha value is -3.86. The molecule has 2 N–H and O–H groups in total. The minimum absolute atomic E-state index is 0.0350. The molecule has 3 unspecified atom stereocenters. The zero-order chi connectivity index (χ0) is 58.3. The fourth-order valence-corrected chi connectivity index (χ4v) is 9.13. The third-order valence-corrected chi connectivity index (χ3v) is 14.1. The molecule has 0 aromatic rings. The van der Waals surface area contributed by atoms with E-state index in [1.165, 1.54) is 103 Å². The summed E-state index contributed by atoms with van der Waals surface area (Å²) in [5, 5.41) is 9.86. The van der Waals surface area contributed by atoms with Crippen LogP contribution in [0.15, 0.2) is 109 Å². The normalized spacial score (nSPS) is 14.0. The highest BCUT2D eigenvalue weighted by molar-refractivity contribution is 7.47. The van der Waals surface area contributed by atoms with Crippen LogP contribution in [0.3, 0.4) is 0 Å². The molecule has 11 nitrogen and oxygen atoms in total. The van der Waals surface area contributed by atoms with Crippen molar-refractivity contribution in [3.8, 4) is 0 Å². The first-order valence-corrected chi connectivity index (χ1v) is 33.3. The highest BCUT2D eigenvalue weighted by Crippen LogP contribution is 2.43. The van der Waals surface area contributed by atoms with Crippen LogP contribution >= 0.6 is 7.82 Å². The summed E-state index contributed by atoms with van der Waals surface area (Å²) in [6, 6.07) is 0. The third-order valence-electron chi connectivity index (χ3n) is 13.2. The molecule has 12 heteroatoms. The van der Waals surface area contributed by atoms with Gasteiger partial charge in [-0.1, -0.05) is 239 Å². The Morgan fingerprint density at radius 1 is 0.362 bits per heavy atom. The lowest BCUT2D eigenvalue weighted by atomic mass is 10.1. The summed E-state index contributed by atoms with van der Waals surface area (Å²) in [6.45, 7) is 4.42. The maximum Gasteiger partial charge on any atom is 0.472 e. The Morgan fingerprint density at radius 3 is 1.11 bits per heavy atom. The van der Waals surface area contributed by atoms with Gasteiger partial charge in [-0.3, -0.25) is 23.4 Å². The average molecular weight is 1140 g/mol. The number of allylic oxidation sites excluding steroid dienone is 18. The maximum absolute atomic E-state index is 12.9. The smallest absolute Gasteiger partial charge is 0.462 e. The van der Waals surface area contributed by atoms with Crippen molar-refractivity contribution in [2.45, 2.75) is 277 Å². The number of hydrogen-bond acceptors (Lipinski definition) is 10. The summed E-state index contributed by atoms with van der Waals surface area (Å²) < 4.78 is 39.6. The summed E-state index contributed by atoms with van der Waals surface area (Å²) in [6.07, 6.45) is 74.8. The Morgan fingerprint density at radius 2 is 0.675 bits per heavy atom. The van der Waals surface area contributed by atoms with Gasteiger partial charge in [0.2, 0.25) is 0 Å². The van der Waals surface area contributed by atoms with Crippen LogP contribution in [0, 0.1) is 0 Å². The molecule has 0 aromatic heterocycles. The summed E-state index contributed by atoms with van der Waals surface area (Å²) in [5.41, 5.74) is 0. The first-order valence-electron chi connectivity index (χ1n) is 31.8. The molecule has 3 atom stereocenters. The van der Waals surface area contributed by atoms with Crippen molar-refractivity contribution in [3.05, 3.63) is 109 Å². The summed E-state index contributed by atoms with van der Waals surface area (Å²) in [7, 11) is -4.78. The van der Waals surface area contributed by atoms with Gasteiger partial charge in [-0.2, -0.15) is 0 Å². The standard InChI is InChI=1S/C68H115O11P/c1-4-7-10-13-16-19-22-25-28-30-32-34-37-40-43-46-49-52-55-58-67(71)78-64(60-69)62-76-80(73,74)77-63-65(61-75-66(70)57-54-51-48-45-42-39-36-27-24-21-18-15-12-9-6-3)79-68(72)59-56-53-50-47-44-41-38-35-33-31-29-26-23-20-17-14-11-8-5-2/h8,11,17-18,20-21,25-29,33,35-36,41,44,50,53,64-65,69H,4-7,9-10,12-16,19,22-24,30-32,34,37-40,42-43,45-49,51-52,54-63H2,1-3H3,(H,73,74)/b11-8-,20-17-,21-18-,28-25-,29-26-,35-33-,36-27-,44-41-,53-50-. The Kier molecular flexibility index (Phi) is 58.3. The molecule has 0 heterocycles. The predicted octanol–water partition coefficient (Wildman–Crippen LogP) is 19.4. The molecule has 0 rings (SSSR count). The van der Waals surface area contributed by atoms with E-state index in [4.69, 9.17) is 23.3 Å². The van der Waals surface area contributed by atoms with E-state index < -0.39 is 57.8 Å². The van der Waals surface area contributed by atoms with E-state index in [2.05, 4.69) is 118 Å². The van der Waals surface area contributed by atoms with Gasteiger partial charge in [0.25, 0.3) is 0 Å². The molecule has 0 aliphatic rings. The summed E-state index contributed by atoms with van der Waals surface area (Å²) in [5.74, 6) is -1.59. The molecule has 0 spiro atoms. The number of phosphoric ester groups is 1. The first kappa shape index (κ1) is 76.1. The zero-order valence-electron chi connectivity index (χ0n) is 50.8. The third kappa shape index (κ3) is 58.8. The molecule has 0 saturated heterocycles. The van der Waals surface area contributed by atoms with E-state index in [9.17, 15) is 28.9 Å². The topological polar surface area (TPSA) is 155 Å². The van der Waals surface area contributed by atoms with E-state index in [1.54, 1.807) is 0 Å². The number of unbranched alkanes of at least 4 members (excludes halogenated alkanes) is 23. The maximum atomic E-state index is 12.9. The lowest BCUT2D eigenvalue weighted by molar-refractivity contribution is -0.161. The van der Waals surface area contributed by atoms with E-state index >= 15 is 0 Å². The molecule has 458 valence electrons. The number of carbonyl (C=O) groups is 3. The van der Waals surface area contributed by atoms with E-state index in [0.717, 1.165) is 96.3 Å². The monoisotopic (exact) mass is 1140 g/mol. The second-order valence-corrected chi connectivity index (χ2v) is 22.3. The average Bonchev–Trinajstić information content (AvgIpc) is 3.45. The highest BCUT2D eigenvalue weighted by atomic mass is 31.2. The largest absolute Gasteiger partial charge is 0.472 e. The molecule has 0 radical (unpaired) electrons. The number of ether oxygens (including phenoxy) is 3. The van der Waals surface area contributed by atoms with Crippen molar-refractivity contribution in [2.24, 2.45) is 0 Å². The number of aliphatic hydroxyl groups is 1. The number of rotatable bonds is 58. The van der Waals surface area contributed by atoms with Crippen molar-refractivity contribution in [3.63, 3.8) is 0 Å². The fraction of sp³-hybridized carbons (Fsp3) is 0.691. The van der Waals surface area contributed by atoms with Crippen LogP contribution in [0.4, 0.5) is 0 Å². The van der Waals surface area contributed by atoms with Crippen LogP contribution < -0.4 is 0 Å².